The van der Waals surface area contributed by atoms with Crippen LogP contribution in [0.1, 0.15) is 93.3 Å². The third kappa shape index (κ3) is 5.99. The molecule has 246 valence electrons. The Morgan fingerprint density at radius 3 is 1.48 bits per heavy atom. The molecule has 0 aromatic heterocycles. The molecule has 6 aromatic rings. The van der Waals surface area contributed by atoms with Gasteiger partial charge in [0.25, 0.3) is 0 Å². The molecule has 0 radical (unpaired) electrons. The zero-order valence-corrected chi connectivity index (χ0v) is 32.6. The molecule has 0 fully saturated rings. The van der Waals surface area contributed by atoms with Gasteiger partial charge >= 0.3 is 309 Å². The monoisotopic (exact) mass is 724 g/mol. The van der Waals surface area contributed by atoms with E-state index < -0.39 is 21.3 Å². The fraction of sp³-hybridized carbons (Fsp3) is 0.204. The summed E-state index contributed by atoms with van der Waals surface area (Å²) in [6.45, 7) is 14.1. The first-order chi connectivity index (χ1) is 24.1. The second kappa shape index (κ2) is 12.9. The summed E-state index contributed by atoms with van der Waals surface area (Å²) in [5.74, 6) is 0. The summed E-state index contributed by atoms with van der Waals surface area (Å²) in [7, 11) is 0. The Labute approximate surface area is 306 Å². The molecule has 0 saturated carbocycles. The Balaban J connectivity index is 1.49. The zero-order chi connectivity index (χ0) is 34.6. The van der Waals surface area contributed by atoms with E-state index in [1.807, 2.05) is 0 Å². The maximum absolute atomic E-state index is 2.96. The van der Waals surface area contributed by atoms with Crippen LogP contribution in [0.5, 0.6) is 0 Å². The summed E-state index contributed by atoms with van der Waals surface area (Å²) in [5, 5.41) is 0. The van der Waals surface area contributed by atoms with Crippen LogP contribution in [-0.4, -0.2) is 3.21 Å². The van der Waals surface area contributed by atoms with E-state index in [1.54, 1.807) is 14.3 Å². The molecule has 1 atom stereocenters. The summed E-state index contributed by atoms with van der Waals surface area (Å²) in [6.07, 6.45) is 5.02. The summed E-state index contributed by atoms with van der Waals surface area (Å²) < 4.78 is 2.32. The molecule has 0 aliphatic heterocycles. The predicted molar refractivity (Wildman–Crippen MR) is 211 cm³/mol. The predicted octanol–water partition coefficient (Wildman–Crippen LogP) is 12.7. The molecule has 0 nitrogen and oxygen atoms in total. The Morgan fingerprint density at radius 1 is 0.480 bits per heavy atom. The van der Waals surface area contributed by atoms with E-state index >= 15 is 0 Å². The standard InChI is InChI=1S/C21H25.C15H11.C13H10.Zr/c1-20(2,3)16-7-9-18-14(12-16)11-15-13-17(21(4,5)6)8-10-19(15)18;1-2-5-12(6-3-1)15-10-9-13-7-4-8-14(13)11-15;1-3-7-12(8-4-1)11-13-9-5-2-6-10-13;/h7-13H,1-6H3;1-11H;1-10H;. The van der Waals surface area contributed by atoms with Crippen molar-refractivity contribution >= 4 is 9.28 Å². The minimum absolute atomic E-state index is 0.0598. The first-order valence-electron chi connectivity index (χ1n) is 18.1. The van der Waals surface area contributed by atoms with E-state index in [9.17, 15) is 0 Å². The molecule has 0 saturated heterocycles. The van der Waals surface area contributed by atoms with Crippen LogP contribution >= 0.6 is 0 Å². The van der Waals surface area contributed by atoms with Gasteiger partial charge in [-0.3, -0.25) is 0 Å². The van der Waals surface area contributed by atoms with Gasteiger partial charge in [-0.15, -0.1) is 0 Å². The van der Waals surface area contributed by atoms with Crippen molar-refractivity contribution in [3.63, 3.8) is 0 Å². The average Bonchev–Trinajstić information content (AvgIpc) is 3.69. The van der Waals surface area contributed by atoms with E-state index in [2.05, 4.69) is 199 Å². The third-order valence-corrected chi connectivity index (χ3v) is 19.6. The van der Waals surface area contributed by atoms with Crippen LogP contribution in [0.15, 0.2) is 152 Å². The van der Waals surface area contributed by atoms with Gasteiger partial charge in [-0.05, 0) is 0 Å². The van der Waals surface area contributed by atoms with Crippen molar-refractivity contribution in [3.05, 3.63) is 196 Å². The molecule has 8 rings (SSSR count). The molecule has 0 amide bonds. The van der Waals surface area contributed by atoms with Crippen molar-refractivity contribution < 1.29 is 21.3 Å². The van der Waals surface area contributed by atoms with Crippen LogP contribution in [0.2, 0.25) is 0 Å². The molecule has 2 aliphatic carbocycles. The molecular formula is C49H46Zr. The van der Waals surface area contributed by atoms with Crippen molar-refractivity contribution in [1.82, 2.24) is 0 Å². The van der Waals surface area contributed by atoms with Gasteiger partial charge in [0.2, 0.25) is 0 Å². The van der Waals surface area contributed by atoms with E-state index in [0.29, 0.717) is 7.25 Å². The minimum atomic E-state index is -2.96. The van der Waals surface area contributed by atoms with Gasteiger partial charge in [-0.1, -0.05) is 0 Å². The van der Waals surface area contributed by atoms with Crippen LogP contribution in [0.4, 0.5) is 0 Å². The number of benzene rings is 6. The van der Waals surface area contributed by atoms with Crippen molar-refractivity contribution in [1.29, 1.82) is 0 Å². The number of hydrogen-bond acceptors (Lipinski definition) is 0. The van der Waals surface area contributed by atoms with Gasteiger partial charge in [0.1, 0.15) is 0 Å². The molecule has 50 heavy (non-hydrogen) atoms. The average molecular weight is 726 g/mol. The Bertz CT molecular complexity index is 2150. The molecule has 0 spiro atoms. The number of hydrogen-bond donors (Lipinski definition) is 0. The second-order valence-electron chi connectivity index (χ2n) is 16.1. The van der Waals surface area contributed by atoms with Gasteiger partial charge in [-0.2, -0.15) is 0 Å². The summed E-state index contributed by atoms with van der Waals surface area (Å²) in [4.78, 5) is 0. The molecule has 2 aliphatic rings. The summed E-state index contributed by atoms with van der Waals surface area (Å²) in [5.41, 5.74) is 17.1. The number of rotatable bonds is 5. The zero-order valence-electron chi connectivity index (χ0n) is 30.2. The van der Waals surface area contributed by atoms with E-state index in [4.69, 9.17) is 0 Å². The number of fused-ring (bicyclic) bond motifs is 4. The fourth-order valence-electron chi connectivity index (χ4n) is 8.10. The number of allylic oxidation sites excluding steroid dienone is 1. The quantitative estimate of drug-likeness (QED) is 0.166. The van der Waals surface area contributed by atoms with Crippen LogP contribution in [0, 0.1) is 0 Å². The molecule has 0 bridgehead atoms. The first kappa shape index (κ1) is 33.0. The second-order valence-corrected chi connectivity index (χ2v) is 22.6. The Morgan fingerprint density at radius 2 is 0.980 bits per heavy atom. The van der Waals surface area contributed by atoms with Gasteiger partial charge in [0.15, 0.2) is 0 Å². The maximum atomic E-state index is 2.60. The van der Waals surface area contributed by atoms with Crippen molar-refractivity contribution in [2.24, 2.45) is 0 Å². The fourth-order valence-corrected chi connectivity index (χ4v) is 17.9. The van der Waals surface area contributed by atoms with Gasteiger partial charge in [-0.25, -0.2) is 0 Å². The van der Waals surface area contributed by atoms with E-state index in [0.717, 1.165) is 0 Å². The van der Waals surface area contributed by atoms with Crippen molar-refractivity contribution in [2.45, 2.75) is 59.6 Å². The van der Waals surface area contributed by atoms with Gasteiger partial charge in [0, 0.05) is 0 Å². The van der Waals surface area contributed by atoms with Crippen LogP contribution in [-0.2, 0) is 32.1 Å². The molecule has 0 N–H and O–H groups in total. The van der Waals surface area contributed by atoms with E-state index in [-0.39, 0.29) is 10.8 Å². The summed E-state index contributed by atoms with van der Waals surface area (Å²) >= 11 is -2.96. The van der Waals surface area contributed by atoms with Crippen molar-refractivity contribution in [3.8, 4) is 22.3 Å². The molecular weight excluding hydrogens is 680 g/mol. The van der Waals surface area contributed by atoms with Crippen molar-refractivity contribution in [2.75, 3.05) is 0 Å². The Hall–Kier alpha value is -4.19. The SMILES string of the molecule is CC(C)(C)c1ccc2c(c1)[CH]([Zr](=[C](c1ccccc1)c1ccccc1)[CH]1C=Cc3ccc(-c4ccccc4)cc31)c1cc(C(C)(C)C)ccc1-2. The molecule has 1 heteroatoms. The third-order valence-electron chi connectivity index (χ3n) is 10.8. The van der Waals surface area contributed by atoms with Crippen LogP contribution in [0.25, 0.3) is 28.3 Å². The summed E-state index contributed by atoms with van der Waals surface area (Å²) in [6, 6.07) is 55.7. The van der Waals surface area contributed by atoms with E-state index in [1.165, 1.54) is 55.6 Å². The van der Waals surface area contributed by atoms with Crippen LogP contribution < -0.4 is 0 Å². The van der Waals surface area contributed by atoms with Gasteiger partial charge in [0.05, 0.1) is 0 Å². The molecule has 0 heterocycles. The Kier molecular flexibility index (Phi) is 8.48. The molecule has 1 unspecified atom stereocenters. The normalized spacial score (nSPS) is 15.0. The first-order valence-corrected chi connectivity index (χ1v) is 22.2. The molecule has 6 aromatic carbocycles. The van der Waals surface area contributed by atoms with Gasteiger partial charge < -0.3 is 0 Å². The topological polar surface area (TPSA) is 0 Å². The van der Waals surface area contributed by atoms with Crippen LogP contribution in [0.3, 0.4) is 0 Å².